The molecule has 0 aromatic heterocycles. The number of aliphatic carboxylic acids is 1. The largest absolute Gasteiger partial charge is 0.479 e. The van der Waals surface area contributed by atoms with E-state index in [1.54, 1.807) is 0 Å². The average molecular weight is 101 g/mol. The molecular weight excluding hydrogens is 100 g/mol. The molecule has 0 aliphatic heterocycles. The minimum Gasteiger partial charge on any atom is -0.479 e. The summed E-state index contributed by atoms with van der Waals surface area (Å²) < 4.78 is 0. The third-order valence-electron chi connectivity index (χ3n) is 0.541. The highest BCUT2D eigenvalue weighted by atomic mass is 16.4. The molecule has 0 spiro atoms. The van der Waals surface area contributed by atoms with Gasteiger partial charge in [-0.1, -0.05) is 0 Å². The topological polar surface area (TPSA) is 37.3 Å². The quantitative estimate of drug-likeness (QED) is 0.331. The number of carboxylic acid groups (broad SMARTS) is 1. The second-order valence-electron chi connectivity index (χ2n) is 1.17. The van der Waals surface area contributed by atoms with Gasteiger partial charge in [-0.15, -0.1) is 0 Å². The van der Waals surface area contributed by atoms with Crippen LogP contribution < -0.4 is 0 Å². The van der Waals surface area contributed by atoms with E-state index in [9.17, 15) is 4.79 Å². The number of carboxylic acids is 1. The zero-order valence-corrected chi connectivity index (χ0v) is 4.09. The van der Waals surface area contributed by atoms with Crippen LogP contribution in [0.3, 0.4) is 0 Å². The summed E-state index contributed by atoms with van der Waals surface area (Å²) in [5.74, 6) is -1.30. The van der Waals surface area contributed by atoms with Gasteiger partial charge in [0, 0.05) is 0 Å². The predicted molar refractivity (Wildman–Crippen MR) is 31.9 cm³/mol. The summed E-state index contributed by atoms with van der Waals surface area (Å²) in [7, 11) is 14.4. The highest BCUT2D eigenvalue weighted by molar-refractivity contribution is 6.55. The molecule has 0 unspecified atom stereocenters. The van der Waals surface area contributed by atoms with Gasteiger partial charge in [-0.2, -0.15) is 5.37 Å². The smallest absolute Gasteiger partial charge is 0.319 e. The Morgan fingerprint density at radius 3 is 1.62 bits per heavy atom. The molecule has 8 heavy (non-hydrogen) atoms. The molecule has 0 aromatic rings. The van der Waals surface area contributed by atoms with Crippen molar-refractivity contribution in [3.05, 3.63) is 10.8 Å². The van der Waals surface area contributed by atoms with E-state index >= 15 is 0 Å². The molecule has 1 N–H and O–H groups in total. The van der Waals surface area contributed by atoms with E-state index in [-0.39, 0.29) is 5.37 Å². The second-order valence-corrected chi connectivity index (χ2v) is 1.17. The molecule has 0 aliphatic rings. The Balaban J connectivity index is 4.23. The molecule has 0 rings (SSSR count). The third kappa shape index (κ3) is 1.91. The van der Waals surface area contributed by atoms with Gasteiger partial charge in [0.05, 0.1) is 15.7 Å². The van der Waals surface area contributed by atoms with Crippen LogP contribution in [0.15, 0.2) is 10.8 Å². The minimum absolute atomic E-state index is 0.363. The van der Waals surface area contributed by atoms with Gasteiger partial charge in [-0.25, -0.2) is 4.79 Å². The van der Waals surface area contributed by atoms with Gasteiger partial charge in [0.25, 0.3) is 0 Å². The van der Waals surface area contributed by atoms with Crippen molar-refractivity contribution in [1.29, 1.82) is 0 Å². The maximum Gasteiger partial charge on any atom is 0.319 e. The first-order valence-electron chi connectivity index (χ1n) is 1.79. The zero-order chi connectivity index (χ0) is 6.73. The van der Waals surface area contributed by atoms with Crippen molar-refractivity contribution in [2.75, 3.05) is 0 Å². The average Bonchev–Trinajstić information content (AvgIpc) is 1.64. The Morgan fingerprint density at radius 1 is 1.25 bits per heavy atom. The van der Waals surface area contributed by atoms with Crippen molar-refractivity contribution in [1.82, 2.24) is 0 Å². The summed E-state index contributed by atoms with van der Waals surface area (Å²) in [5, 5.41) is 7.65. The summed E-state index contributed by atoms with van der Waals surface area (Å²) in [4.78, 5) is 9.80. The van der Waals surface area contributed by atoms with E-state index in [1.807, 2.05) is 0 Å². The van der Waals surface area contributed by atoms with Gasteiger partial charge < -0.3 is 5.11 Å². The molecule has 0 fully saturated rings. The van der Waals surface area contributed by atoms with Crippen LogP contribution in [0.1, 0.15) is 0 Å². The second kappa shape index (κ2) is 2.65. The summed E-state index contributed by atoms with van der Waals surface area (Å²) in [6, 6.07) is 0. The van der Waals surface area contributed by atoms with Crippen LogP contribution in [0.4, 0.5) is 0 Å². The molecule has 6 radical (unpaired) electrons. The van der Waals surface area contributed by atoms with Crippen LogP contribution in [0.25, 0.3) is 0 Å². The fraction of sp³-hybridized carbons (Fsp3) is 0. The van der Waals surface area contributed by atoms with Crippen molar-refractivity contribution in [2.45, 2.75) is 0 Å². The first-order valence-corrected chi connectivity index (χ1v) is 1.79. The van der Waals surface area contributed by atoms with E-state index in [0.717, 1.165) is 0 Å². The van der Waals surface area contributed by atoms with Gasteiger partial charge >= 0.3 is 5.97 Å². The van der Waals surface area contributed by atoms with E-state index in [0.29, 0.717) is 0 Å². The van der Waals surface area contributed by atoms with Gasteiger partial charge in [0.1, 0.15) is 7.85 Å². The Hall–Kier alpha value is -0.595. The number of hydrogen-bond donors (Lipinski definition) is 1. The molecule has 0 aromatic carbocycles. The summed E-state index contributed by atoms with van der Waals surface area (Å²) in [6.07, 6.45) is 0. The van der Waals surface area contributed by atoms with Crippen molar-refractivity contribution in [3.8, 4) is 0 Å². The lowest BCUT2D eigenvalue weighted by Crippen LogP contribution is -2.04. The van der Waals surface area contributed by atoms with Crippen molar-refractivity contribution in [3.63, 3.8) is 0 Å². The van der Waals surface area contributed by atoms with E-state index in [4.69, 9.17) is 28.6 Å². The molecule has 0 atom stereocenters. The third-order valence-corrected chi connectivity index (χ3v) is 0.541. The van der Waals surface area contributed by atoms with Gasteiger partial charge in [-0.3, -0.25) is 0 Å². The molecular formula is C3HB3O2. The Morgan fingerprint density at radius 2 is 1.62 bits per heavy atom. The maximum atomic E-state index is 9.80. The summed E-state index contributed by atoms with van der Waals surface area (Å²) in [6.45, 7) is 0. The molecule has 0 amide bonds. The lowest BCUT2D eigenvalue weighted by atomic mass is 9.69. The lowest BCUT2D eigenvalue weighted by molar-refractivity contribution is -0.131. The van der Waals surface area contributed by atoms with Crippen molar-refractivity contribution < 1.29 is 9.90 Å². The first-order chi connectivity index (χ1) is 3.55. The zero-order valence-electron chi connectivity index (χ0n) is 4.09. The molecule has 34 valence electrons. The fourth-order valence-electron chi connectivity index (χ4n) is 0.123. The molecule has 0 saturated heterocycles. The molecule has 5 heteroatoms. The van der Waals surface area contributed by atoms with Crippen LogP contribution in [-0.2, 0) is 4.79 Å². The number of carbonyl (C=O) groups is 1. The SMILES string of the molecule is [B]C([B])=C([B])C(=O)O. The van der Waals surface area contributed by atoms with E-state index in [1.165, 1.54) is 0 Å². The fourth-order valence-corrected chi connectivity index (χ4v) is 0.123. The van der Waals surface area contributed by atoms with Crippen LogP contribution >= 0.6 is 0 Å². The Labute approximate surface area is 51.2 Å². The maximum absolute atomic E-state index is 9.80. The molecule has 0 bridgehead atoms. The summed E-state index contributed by atoms with van der Waals surface area (Å²) in [5.41, 5.74) is -0.509. The Kier molecular flexibility index (Phi) is 2.45. The van der Waals surface area contributed by atoms with E-state index in [2.05, 4.69) is 0 Å². The highest BCUT2D eigenvalue weighted by Gasteiger charge is 1.97. The lowest BCUT2D eigenvalue weighted by Gasteiger charge is -1.94. The van der Waals surface area contributed by atoms with Gasteiger partial charge in [-0.05, 0) is 5.47 Å². The standard InChI is InChI=1S/C3HB3O2/c4-1(2(5)6)3(7)8/h(H,7,8). The van der Waals surface area contributed by atoms with Gasteiger partial charge in [0.2, 0.25) is 0 Å². The molecule has 0 heterocycles. The normalized spacial score (nSPS) is 8.00. The van der Waals surface area contributed by atoms with Crippen LogP contribution in [0, 0.1) is 0 Å². The Bertz CT molecular complexity index is 135. The first kappa shape index (κ1) is 7.40. The van der Waals surface area contributed by atoms with Crippen LogP contribution in [0.5, 0.6) is 0 Å². The molecule has 0 aliphatic carbocycles. The predicted octanol–water partition coefficient (Wildman–Crippen LogP) is -1.25. The van der Waals surface area contributed by atoms with Crippen LogP contribution in [0.2, 0.25) is 0 Å². The van der Waals surface area contributed by atoms with Crippen molar-refractivity contribution >= 4 is 29.5 Å². The van der Waals surface area contributed by atoms with E-state index < -0.39 is 11.4 Å². The van der Waals surface area contributed by atoms with Crippen LogP contribution in [-0.4, -0.2) is 34.6 Å². The summed E-state index contributed by atoms with van der Waals surface area (Å²) >= 11 is 0. The molecule has 2 nitrogen and oxygen atoms in total. The van der Waals surface area contributed by atoms with Crippen molar-refractivity contribution in [2.24, 2.45) is 0 Å². The van der Waals surface area contributed by atoms with Gasteiger partial charge in [0.15, 0.2) is 0 Å². The molecule has 0 saturated carbocycles. The monoisotopic (exact) mass is 102 g/mol. The highest BCUT2D eigenvalue weighted by Crippen LogP contribution is 1.88. The minimum atomic E-state index is -1.30. The number of hydrogen-bond acceptors (Lipinski definition) is 1. The number of rotatable bonds is 1.